The van der Waals surface area contributed by atoms with Gasteiger partial charge in [0.05, 0.1) is 11.1 Å². The van der Waals surface area contributed by atoms with Gasteiger partial charge in [-0.05, 0) is 0 Å². The minimum atomic E-state index is -2.52. The fraction of sp³-hybridized carbons (Fsp3) is 0. The Morgan fingerprint density at radius 2 is 2.00 bits per heavy atom. The van der Waals surface area contributed by atoms with Gasteiger partial charge in [-0.1, -0.05) is 0 Å². The Hall–Kier alpha value is 0.197. The molecular weight excluding hydrogens is 97.0 g/mol. The minimum Gasteiger partial charge on any atom is -0.760 e. The van der Waals surface area contributed by atoms with Gasteiger partial charge in [0.15, 0.2) is 5.40 Å². The fourth-order valence-electron chi connectivity index (χ4n) is 0. The Morgan fingerprint density at radius 3 is 2.00 bits per heavy atom. The largest absolute Gasteiger partial charge is 1.00 e. The van der Waals surface area contributed by atoms with Gasteiger partial charge in [0.25, 0.3) is 0 Å². The molecule has 0 fully saturated rings. The van der Waals surface area contributed by atoms with Crippen LogP contribution in [-0.4, -0.2) is 8.76 Å². The van der Waals surface area contributed by atoms with Gasteiger partial charge in [0.2, 0.25) is 0 Å². The third-order valence-electron chi connectivity index (χ3n) is 0.0745. The van der Waals surface area contributed by atoms with Crippen LogP contribution in [0.15, 0.2) is 0 Å². The second kappa shape index (κ2) is 5.20. The van der Waals surface area contributed by atoms with E-state index in [9.17, 15) is 0 Å². The molecule has 1 atom stereocenters. The number of rotatable bonds is 0. The molecule has 28 valence electrons. The molecule has 6 heavy (non-hydrogen) atoms. The van der Waals surface area contributed by atoms with Crippen LogP contribution in [0.2, 0.25) is 0 Å². The van der Waals surface area contributed by atoms with Crippen molar-refractivity contribution in [2.45, 2.75) is 0 Å². The van der Waals surface area contributed by atoms with E-state index in [1.807, 2.05) is 0 Å². The van der Waals surface area contributed by atoms with Crippen molar-refractivity contribution in [1.82, 2.24) is 0 Å². The predicted octanol–water partition coefficient (Wildman–Crippen LogP) is -3.65. The summed E-state index contributed by atoms with van der Waals surface area (Å²) in [7, 11) is 0. The van der Waals surface area contributed by atoms with E-state index >= 15 is 0 Å². The van der Waals surface area contributed by atoms with Crippen molar-refractivity contribution in [2.24, 2.45) is 0 Å². The summed E-state index contributed by atoms with van der Waals surface area (Å²) in [6.45, 7) is 0. The average Bonchev–Trinajstić information content (AvgIpc) is 1.38. The van der Waals surface area contributed by atoms with Crippen molar-refractivity contribution in [3.05, 3.63) is 0 Å². The van der Waals surface area contributed by atoms with Crippen molar-refractivity contribution in [3.8, 4) is 5.40 Å². The Kier molecular flexibility index (Phi) is 8.23. The quantitative estimate of drug-likeness (QED) is 0.178. The van der Waals surface area contributed by atoms with Crippen LogP contribution in [-0.2, 0) is 11.1 Å². The van der Waals surface area contributed by atoms with Crippen LogP contribution in [0.4, 0.5) is 0 Å². The van der Waals surface area contributed by atoms with Crippen LogP contribution in [0, 0.1) is 10.7 Å². The Bertz CT molecular complexity index is 86.0. The van der Waals surface area contributed by atoms with Gasteiger partial charge in [-0.2, -0.15) is 5.26 Å². The van der Waals surface area contributed by atoms with Crippen molar-refractivity contribution in [1.29, 1.82) is 5.26 Å². The second-order valence-corrected chi connectivity index (χ2v) is 0.978. The smallest absolute Gasteiger partial charge is 0.760 e. The summed E-state index contributed by atoms with van der Waals surface area (Å²) in [5, 5.41) is 8.23. The van der Waals surface area contributed by atoms with Crippen LogP contribution < -0.4 is 18.9 Å². The summed E-state index contributed by atoms with van der Waals surface area (Å²) in [5.74, 6) is 0. The molecule has 0 aromatic rings. The van der Waals surface area contributed by atoms with E-state index in [1.165, 1.54) is 0 Å². The van der Waals surface area contributed by atoms with Crippen LogP contribution in [0.25, 0.3) is 0 Å². The molecule has 0 aliphatic heterocycles. The predicted molar refractivity (Wildman–Crippen MR) is 14.5 cm³/mol. The summed E-state index contributed by atoms with van der Waals surface area (Å²) >= 11 is -2.52. The van der Waals surface area contributed by atoms with Gasteiger partial charge >= 0.3 is 18.9 Å². The standard InChI is InChI=1S/CHNO2S.Li/c2-1-5(3)4;/h(H,3,4);/q;+1/p-1. The number of nitriles is 1. The molecule has 0 N–H and O–H groups in total. The summed E-state index contributed by atoms with van der Waals surface area (Å²) in [5.41, 5.74) is 0. The molecule has 3 nitrogen and oxygen atoms in total. The first kappa shape index (κ1) is 9.50. The molecule has 0 aromatic heterocycles. The topological polar surface area (TPSA) is 63.9 Å². The number of nitrogens with zero attached hydrogens (tertiary/aromatic N) is 1. The molecule has 0 saturated heterocycles. The third-order valence-corrected chi connectivity index (χ3v) is 0.224. The first-order chi connectivity index (χ1) is 2.27. The van der Waals surface area contributed by atoms with Gasteiger partial charge < -0.3 is 4.55 Å². The Balaban J connectivity index is 0. The molecule has 0 saturated carbocycles. The van der Waals surface area contributed by atoms with E-state index in [4.69, 9.17) is 14.0 Å². The number of thiocyanates is 1. The summed E-state index contributed by atoms with van der Waals surface area (Å²) in [4.78, 5) is 0. The molecule has 1 unspecified atom stereocenters. The van der Waals surface area contributed by atoms with Crippen molar-refractivity contribution in [3.63, 3.8) is 0 Å². The SMILES string of the molecule is N#CS(=O)[O-].[Li+]. The third kappa shape index (κ3) is 8.89. The average molecular weight is 97.0 g/mol. The molecule has 0 heterocycles. The zero-order chi connectivity index (χ0) is 4.28. The summed E-state index contributed by atoms with van der Waals surface area (Å²) < 4.78 is 18.0. The van der Waals surface area contributed by atoms with E-state index in [0.29, 0.717) is 0 Å². The Morgan fingerprint density at radius 1 is 1.83 bits per heavy atom. The van der Waals surface area contributed by atoms with Gasteiger partial charge in [-0.15, -0.1) is 0 Å². The molecule has 0 aliphatic rings. The van der Waals surface area contributed by atoms with Crippen molar-refractivity contribution >= 4 is 11.1 Å². The molecule has 0 amide bonds. The van der Waals surface area contributed by atoms with Crippen molar-refractivity contribution in [2.75, 3.05) is 0 Å². The normalized spacial score (nSPS) is 10.7. The molecular formula is CLiNO2S. The van der Waals surface area contributed by atoms with Crippen molar-refractivity contribution < 1.29 is 27.6 Å². The molecule has 0 radical (unpaired) electrons. The maximum Gasteiger partial charge on any atom is 1.00 e. The van der Waals surface area contributed by atoms with E-state index in [-0.39, 0.29) is 18.9 Å². The van der Waals surface area contributed by atoms with Crippen LogP contribution in [0.1, 0.15) is 0 Å². The maximum atomic E-state index is 9.01. The molecule has 0 rings (SSSR count). The minimum absolute atomic E-state index is 0. The molecule has 0 aromatic carbocycles. The monoisotopic (exact) mass is 97.0 g/mol. The molecule has 5 heteroatoms. The van der Waals surface area contributed by atoms with Gasteiger partial charge in [-0.25, -0.2) is 0 Å². The zero-order valence-corrected chi connectivity index (χ0v) is 3.99. The van der Waals surface area contributed by atoms with Crippen LogP contribution in [0.5, 0.6) is 0 Å². The van der Waals surface area contributed by atoms with E-state index in [2.05, 4.69) is 0 Å². The number of hydrogen-bond donors (Lipinski definition) is 0. The first-order valence-electron chi connectivity index (χ1n) is 0.761. The molecule has 0 bridgehead atoms. The summed E-state index contributed by atoms with van der Waals surface area (Å²) in [6, 6.07) is 0. The van der Waals surface area contributed by atoms with Crippen LogP contribution in [0.3, 0.4) is 0 Å². The zero-order valence-electron chi connectivity index (χ0n) is 3.17. The van der Waals surface area contributed by atoms with E-state index < -0.39 is 11.1 Å². The molecule has 0 aliphatic carbocycles. The molecule has 0 spiro atoms. The second-order valence-electron chi connectivity index (χ2n) is 0.326. The first-order valence-corrected chi connectivity index (χ1v) is 1.84. The van der Waals surface area contributed by atoms with Gasteiger partial charge in [0, 0.05) is 0 Å². The maximum absolute atomic E-state index is 9.01. The Labute approximate surface area is 49.8 Å². The van der Waals surface area contributed by atoms with E-state index in [0.717, 1.165) is 5.40 Å². The van der Waals surface area contributed by atoms with Gasteiger partial charge in [-0.3, -0.25) is 4.21 Å². The number of hydrogen-bond acceptors (Lipinski definition) is 3. The van der Waals surface area contributed by atoms with Crippen LogP contribution >= 0.6 is 0 Å². The van der Waals surface area contributed by atoms with E-state index in [1.54, 1.807) is 0 Å². The fourth-order valence-corrected chi connectivity index (χ4v) is 0. The van der Waals surface area contributed by atoms with Gasteiger partial charge in [0.1, 0.15) is 0 Å². The summed E-state index contributed by atoms with van der Waals surface area (Å²) in [6.07, 6.45) is 0.